The first-order valence-corrected chi connectivity index (χ1v) is 8.96. The highest BCUT2D eigenvalue weighted by atomic mass is 35.7. The Labute approximate surface area is 128 Å². The van der Waals surface area contributed by atoms with Crippen LogP contribution >= 0.6 is 10.7 Å². The molecule has 7 heteroatoms. The number of benzene rings is 1. The van der Waals surface area contributed by atoms with Gasteiger partial charge in [0.1, 0.15) is 5.82 Å². The summed E-state index contributed by atoms with van der Waals surface area (Å²) in [6, 6.07) is 1.85. The first kappa shape index (κ1) is 16.2. The van der Waals surface area contributed by atoms with E-state index in [-0.39, 0.29) is 21.4 Å². The van der Waals surface area contributed by atoms with Crippen LogP contribution in [0.2, 0.25) is 0 Å². The van der Waals surface area contributed by atoms with Gasteiger partial charge in [-0.2, -0.15) is 0 Å². The maximum Gasteiger partial charge on any atom is 0.261 e. The quantitative estimate of drug-likeness (QED) is 0.861. The Morgan fingerprint density at radius 2 is 2.05 bits per heavy atom. The Kier molecular flexibility index (Phi) is 4.31. The number of halogens is 2. The molecule has 1 fully saturated rings. The summed E-state index contributed by atoms with van der Waals surface area (Å²) in [5.74, 6) is -1.29. The van der Waals surface area contributed by atoms with E-state index in [0.29, 0.717) is 6.54 Å². The number of nitrogens with one attached hydrogen (secondary N) is 1. The van der Waals surface area contributed by atoms with E-state index in [1.165, 1.54) is 6.92 Å². The highest BCUT2D eigenvalue weighted by Crippen LogP contribution is 2.39. The first-order valence-electron chi connectivity index (χ1n) is 6.65. The molecule has 0 bridgehead atoms. The fourth-order valence-corrected chi connectivity index (χ4v) is 3.70. The zero-order chi connectivity index (χ0) is 15.8. The van der Waals surface area contributed by atoms with E-state index in [1.807, 2.05) is 0 Å². The molecule has 116 valence electrons. The van der Waals surface area contributed by atoms with Gasteiger partial charge in [0.15, 0.2) is 0 Å². The predicted molar refractivity (Wildman–Crippen MR) is 78.5 cm³/mol. The lowest BCUT2D eigenvalue weighted by Crippen LogP contribution is -2.40. The van der Waals surface area contributed by atoms with Crippen molar-refractivity contribution in [2.24, 2.45) is 5.41 Å². The monoisotopic (exact) mass is 333 g/mol. The summed E-state index contributed by atoms with van der Waals surface area (Å²) in [5.41, 5.74) is 0.234. The average molecular weight is 334 g/mol. The molecule has 0 unspecified atom stereocenters. The standard InChI is InChI=1S/C14H17ClFNO3S/c1-9-11(6-10(16)7-12(9)21(15,19)20)13(18)17-8-14(2)4-3-5-14/h6-7H,3-5,8H2,1-2H3,(H,17,18). The molecule has 4 nitrogen and oxygen atoms in total. The van der Waals surface area contributed by atoms with Gasteiger partial charge in [0, 0.05) is 22.8 Å². The van der Waals surface area contributed by atoms with E-state index in [0.717, 1.165) is 31.4 Å². The third-order valence-corrected chi connectivity index (χ3v) is 5.52. The van der Waals surface area contributed by atoms with E-state index in [1.54, 1.807) is 0 Å². The molecule has 1 aromatic carbocycles. The Hall–Kier alpha value is -1.14. The topological polar surface area (TPSA) is 63.2 Å². The highest BCUT2D eigenvalue weighted by Gasteiger charge is 2.32. The van der Waals surface area contributed by atoms with Crippen LogP contribution in [-0.4, -0.2) is 20.9 Å². The molecule has 21 heavy (non-hydrogen) atoms. The van der Waals surface area contributed by atoms with E-state index < -0.39 is 20.8 Å². The maximum absolute atomic E-state index is 13.5. The van der Waals surface area contributed by atoms with E-state index in [2.05, 4.69) is 12.2 Å². The van der Waals surface area contributed by atoms with Gasteiger partial charge in [0.2, 0.25) is 0 Å². The minimum Gasteiger partial charge on any atom is -0.351 e. The van der Waals surface area contributed by atoms with Gasteiger partial charge in [-0.05, 0) is 42.9 Å². The summed E-state index contributed by atoms with van der Waals surface area (Å²) >= 11 is 0. The van der Waals surface area contributed by atoms with Crippen molar-refractivity contribution in [3.05, 3.63) is 29.1 Å². The number of hydrogen-bond donors (Lipinski definition) is 1. The molecule has 1 aliphatic carbocycles. The van der Waals surface area contributed by atoms with Crippen LogP contribution in [-0.2, 0) is 9.05 Å². The van der Waals surface area contributed by atoms with Crippen LogP contribution in [0.1, 0.15) is 42.1 Å². The first-order chi connectivity index (χ1) is 9.62. The molecule has 2 rings (SSSR count). The van der Waals surface area contributed by atoms with Crippen LogP contribution in [0.25, 0.3) is 0 Å². The van der Waals surface area contributed by atoms with Crippen molar-refractivity contribution in [1.82, 2.24) is 5.32 Å². The molecule has 1 N–H and O–H groups in total. The van der Waals surface area contributed by atoms with Crippen molar-refractivity contribution in [3.63, 3.8) is 0 Å². The molecule has 0 saturated heterocycles. The van der Waals surface area contributed by atoms with Crippen molar-refractivity contribution >= 4 is 25.6 Å². The smallest absolute Gasteiger partial charge is 0.261 e. The predicted octanol–water partition coefficient (Wildman–Crippen LogP) is 2.98. The van der Waals surface area contributed by atoms with Gasteiger partial charge in [-0.25, -0.2) is 12.8 Å². The molecule has 1 aromatic rings. The van der Waals surface area contributed by atoms with Crippen molar-refractivity contribution in [2.45, 2.75) is 38.0 Å². The normalized spacial score (nSPS) is 17.1. The number of hydrogen-bond acceptors (Lipinski definition) is 3. The van der Waals surface area contributed by atoms with E-state index in [9.17, 15) is 17.6 Å². The van der Waals surface area contributed by atoms with Crippen LogP contribution < -0.4 is 5.32 Å². The van der Waals surface area contributed by atoms with Gasteiger partial charge in [-0.15, -0.1) is 0 Å². The van der Waals surface area contributed by atoms with Crippen molar-refractivity contribution in [3.8, 4) is 0 Å². The van der Waals surface area contributed by atoms with Gasteiger partial charge >= 0.3 is 0 Å². The molecular weight excluding hydrogens is 317 g/mol. The minimum absolute atomic E-state index is 0.00264. The zero-order valence-corrected chi connectivity index (χ0v) is 13.4. The number of rotatable bonds is 4. The second-order valence-corrected chi connectivity index (χ2v) is 8.40. The summed E-state index contributed by atoms with van der Waals surface area (Å²) in [7, 11) is 1.17. The second-order valence-electron chi connectivity index (χ2n) is 5.86. The maximum atomic E-state index is 13.5. The van der Waals surface area contributed by atoms with Crippen molar-refractivity contribution in [1.29, 1.82) is 0 Å². The van der Waals surface area contributed by atoms with E-state index in [4.69, 9.17) is 10.7 Å². The summed E-state index contributed by atoms with van der Waals surface area (Å²) < 4.78 is 36.4. The third-order valence-electron chi connectivity index (χ3n) is 4.07. The SMILES string of the molecule is Cc1c(C(=O)NCC2(C)CCC2)cc(F)cc1S(=O)(=O)Cl. The Bertz CT molecular complexity index is 684. The number of carbonyl (C=O) groups excluding carboxylic acids is 1. The summed E-state index contributed by atoms with van der Waals surface area (Å²) in [6.07, 6.45) is 3.22. The Morgan fingerprint density at radius 1 is 1.43 bits per heavy atom. The molecular formula is C14H17ClFNO3S. The third kappa shape index (κ3) is 3.55. The lowest BCUT2D eigenvalue weighted by molar-refractivity contribution is 0.0889. The van der Waals surface area contributed by atoms with Crippen molar-refractivity contribution in [2.75, 3.05) is 6.54 Å². The fourth-order valence-electron chi connectivity index (χ4n) is 2.49. The van der Waals surface area contributed by atoms with Crippen LogP contribution in [0.3, 0.4) is 0 Å². The fraction of sp³-hybridized carbons (Fsp3) is 0.500. The van der Waals surface area contributed by atoms with Gasteiger partial charge in [-0.3, -0.25) is 4.79 Å². The van der Waals surface area contributed by atoms with Gasteiger partial charge in [0.05, 0.1) is 4.90 Å². The molecule has 1 saturated carbocycles. The highest BCUT2D eigenvalue weighted by molar-refractivity contribution is 8.13. The lowest BCUT2D eigenvalue weighted by Gasteiger charge is -2.38. The largest absolute Gasteiger partial charge is 0.351 e. The van der Waals surface area contributed by atoms with Crippen LogP contribution in [0.15, 0.2) is 17.0 Å². The second kappa shape index (κ2) is 5.57. The van der Waals surface area contributed by atoms with Gasteiger partial charge < -0.3 is 5.32 Å². The average Bonchev–Trinajstić information content (AvgIpc) is 2.34. The molecule has 0 radical (unpaired) electrons. The molecule has 1 aliphatic rings. The molecule has 0 atom stereocenters. The zero-order valence-electron chi connectivity index (χ0n) is 11.9. The minimum atomic E-state index is -4.10. The molecule has 0 aliphatic heterocycles. The van der Waals surface area contributed by atoms with Crippen LogP contribution in [0, 0.1) is 18.2 Å². The molecule has 0 aromatic heterocycles. The summed E-state index contributed by atoms with van der Waals surface area (Å²) in [4.78, 5) is 11.8. The van der Waals surface area contributed by atoms with Crippen molar-refractivity contribution < 1.29 is 17.6 Å². The number of carbonyl (C=O) groups is 1. The lowest BCUT2D eigenvalue weighted by atomic mass is 9.70. The molecule has 1 amide bonds. The Balaban J connectivity index is 2.26. The summed E-state index contributed by atoms with van der Waals surface area (Å²) in [6.45, 7) is 4.00. The van der Waals surface area contributed by atoms with Crippen LogP contribution in [0.5, 0.6) is 0 Å². The molecule has 0 heterocycles. The summed E-state index contributed by atoms with van der Waals surface area (Å²) in [5, 5.41) is 2.74. The van der Waals surface area contributed by atoms with Gasteiger partial charge in [-0.1, -0.05) is 13.3 Å². The number of amides is 1. The molecule has 0 spiro atoms. The van der Waals surface area contributed by atoms with Gasteiger partial charge in [0.25, 0.3) is 15.0 Å². The Morgan fingerprint density at radius 3 is 2.52 bits per heavy atom. The van der Waals surface area contributed by atoms with E-state index >= 15 is 0 Å². The van der Waals surface area contributed by atoms with Crippen LogP contribution in [0.4, 0.5) is 4.39 Å².